The number of ether oxygens (including phenoxy) is 2. The molecule has 0 spiro atoms. The summed E-state index contributed by atoms with van der Waals surface area (Å²) in [6.45, 7) is 1.72. The highest BCUT2D eigenvalue weighted by molar-refractivity contribution is 6.35. The van der Waals surface area contributed by atoms with Crippen LogP contribution in [0.5, 0.6) is 11.5 Å². The highest BCUT2D eigenvalue weighted by atomic mass is 35.5. The lowest BCUT2D eigenvalue weighted by atomic mass is 10.2. The Balaban J connectivity index is 1.43. The first kappa shape index (κ1) is 22.7. The fraction of sp³-hybridized carbons (Fsp3) is 0.286. The number of nitrogens with one attached hydrogen (secondary N) is 2. The molecule has 2 aromatic carbocycles. The van der Waals surface area contributed by atoms with E-state index in [1.165, 1.54) is 11.8 Å². The van der Waals surface area contributed by atoms with Crippen LogP contribution in [0.3, 0.4) is 0 Å². The zero-order valence-electron chi connectivity index (χ0n) is 16.7. The molecule has 0 fully saturated rings. The summed E-state index contributed by atoms with van der Waals surface area (Å²) in [5.41, 5.74) is 5.28. The van der Waals surface area contributed by atoms with E-state index in [1.807, 2.05) is 0 Å². The van der Waals surface area contributed by atoms with Gasteiger partial charge in [0.2, 0.25) is 11.8 Å². The second-order valence-electron chi connectivity index (χ2n) is 6.77. The fourth-order valence-electron chi connectivity index (χ4n) is 2.95. The molecule has 3 rings (SSSR count). The molecule has 0 saturated carbocycles. The van der Waals surface area contributed by atoms with Crippen LogP contribution < -0.4 is 25.2 Å². The molecule has 164 valence electrons. The first-order valence-electron chi connectivity index (χ1n) is 9.55. The predicted octanol–water partition coefficient (Wildman–Crippen LogP) is 3.11. The van der Waals surface area contributed by atoms with Crippen molar-refractivity contribution in [3.8, 4) is 11.5 Å². The van der Waals surface area contributed by atoms with Gasteiger partial charge >= 0.3 is 0 Å². The van der Waals surface area contributed by atoms with Crippen LogP contribution >= 0.6 is 23.2 Å². The molecule has 10 heteroatoms. The number of carbonyl (C=O) groups excluding carboxylic acids is 3. The maximum Gasteiger partial charge on any atom is 0.281 e. The summed E-state index contributed by atoms with van der Waals surface area (Å²) in [5, 5.41) is 0.891. The topological polar surface area (TPSA) is 97.0 Å². The first-order chi connectivity index (χ1) is 14.8. The van der Waals surface area contributed by atoms with E-state index < -0.39 is 17.9 Å². The number of amides is 3. The minimum absolute atomic E-state index is 0.0454. The van der Waals surface area contributed by atoms with Gasteiger partial charge in [-0.2, -0.15) is 0 Å². The van der Waals surface area contributed by atoms with Gasteiger partial charge in [0.05, 0.1) is 23.9 Å². The average Bonchev–Trinajstić information content (AvgIpc) is 2.75. The van der Waals surface area contributed by atoms with Crippen molar-refractivity contribution < 1.29 is 23.9 Å². The van der Waals surface area contributed by atoms with Crippen LogP contribution in [0.25, 0.3) is 0 Å². The molecule has 2 aromatic rings. The SMILES string of the molecule is CC(=O)N1CC(C(=O)NNC(=O)CCCOc2ccc(Cl)cc2Cl)Oc2ccccc21. The van der Waals surface area contributed by atoms with E-state index in [2.05, 4.69) is 10.9 Å². The van der Waals surface area contributed by atoms with Gasteiger partial charge in [0, 0.05) is 18.4 Å². The summed E-state index contributed by atoms with van der Waals surface area (Å²) in [7, 11) is 0. The molecule has 0 aliphatic carbocycles. The van der Waals surface area contributed by atoms with E-state index >= 15 is 0 Å². The van der Waals surface area contributed by atoms with Crippen molar-refractivity contribution in [2.24, 2.45) is 0 Å². The number of hydrogen-bond acceptors (Lipinski definition) is 5. The summed E-state index contributed by atoms with van der Waals surface area (Å²) < 4.78 is 11.2. The van der Waals surface area contributed by atoms with Crippen LogP contribution in [-0.4, -0.2) is 37.0 Å². The lowest BCUT2D eigenvalue weighted by molar-refractivity contribution is -0.133. The quantitative estimate of drug-likeness (QED) is 0.504. The van der Waals surface area contributed by atoms with Gasteiger partial charge in [-0.3, -0.25) is 25.2 Å². The standard InChI is InChI=1S/C21H21Cl2N3O5/c1-13(27)26-12-19(31-18-6-3-2-5-16(18)26)21(29)25-24-20(28)7-4-10-30-17-9-8-14(22)11-15(17)23/h2-3,5-6,8-9,11,19H,4,7,10,12H2,1H3,(H,24,28)(H,25,29). The number of hydrazine groups is 1. The maximum atomic E-state index is 12.4. The van der Waals surface area contributed by atoms with E-state index in [0.29, 0.717) is 33.7 Å². The summed E-state index contributed by atoms with van der Waals surface area (Å²) in [5.74, 6) is -0.256. The van der Waals surface area contributed by atoms with Crippen molar-refractivity contribution in [2.75, 3.05) is 18.1 Å². The predicted molar refractivity (Wildman–Crippen MR) is 116 cm³/mol. The summed E-state index contributed by atoms with van der Waals surface area (Å²) >= 11 is 11.8. The lowest BCUT2D eigenvalue weighted by Gasteiger charge is -2.33. The third-order valence-corrected chi connectivity index (χ3v) is 5.00. The molecule has 0 radical (unpaired) electrons. The molecule has 1 aliphatic rings. The molecular weight excluding hydrogens is 445 g/mol. The monoisotopic (exact) mass is 465 g/mol. The third kappa shape index (κ3) is 6.02. The van der Waals surface area contributed by atoms with Crippen LogP contribution in [0.1, 0.15) is 19.8 Å². The molecule has 3 amide bonds. The van der Waals surface area contributed by atoms with Crippen LogP contribution in [0, 0.1) is 0 Å². The third-order valence-electron chi connectivity index (χ3n) is 4.47. The smallest absolute Gasteiger partial charge is 0.281 e. The number of anilines is 1. The van der Waals surface area contributed by atoms with E-state index in [1.54, 1.807) is 42.5 Å². The van der Waals surface area contributed by atoms with Crippen LogP contribution in [0.2, 0.25) is 10.0 Å². The van der Waals surface area contributed by atoms with Gasteiger partial charge in [-0.25, -0.2) is 0 Å². The zero-order chi connectivity index (χ0) is 22.4. The number of carbonyl (C=O) groups is 3. The molecular formula is C21H21Cl2N3O5. The van der Waals surface area contributed by atoms with Crippen molar-refractivity contribution in [3.05, 3.63) is 52.5 Å². The number of fused-ring (bicyclic) bond motifs is 1. The number of halogens is 2. The van der Waals surface area contributed by atoms with Crippen LogP contribution in [-0.2, 0) is 14.4 Å². The van der Waals surface area contributed by atoms with Gasteiger partial charge in [0.15, 0.2) is 6.10 Å². The molecule has 2 N–H and O–H groups in total. The van der Waals surface area contributed by atoms with E-state index in [9.17, 15) is 14.4 Å². The Labute approximate surface area is 189 Å². The van der Waals surface area contributed by atoms with Crippen molar-refractivity contribution in [1.82, 2.24) is 10.9 Å². The Morgan fingerprint density at radius 2 is 1.94 bits per heavy atom. The van der Waals surface area contributed by atoms with Gasteiger partial charge in [0.1, 0.15) is 11.5 Å². The highest BCUT2D eigenvalue weighted by Gasteiger charge is 2.32. The Kier molecular flexibility index (Phi) is 7.59. The number of benzene rings is 2. The molecule has 31 heavy (non-hydrogen) atoms. The van der Waals surface area contributed by atoms with E-state index in [0.717, 1.165) is 0 Å². The second-order valence-corrected chi connectivity index (χ2v) is 7.61. The summed E-state index contributed by atoms with van der Waals surface area (Å²) in [6, 6.07) is 11.8. The average molecular weight is 466 g/mol. The van der Waals surface area contributed by atoms with Crippen molar-refractivity contribution in [1.29, 1.82) is 0 Å². The van der Waals surface area contributed by atoms with Gasteiger partial charge in [-0.1, -0.05) is 35.3 Å². The summed E-state index contributed by atoms with van der Waals surface area (Å²) in [4.78, 5) is 37.8. The van der Waals surface area contributed by atoms with Crippen molar-refractivity contribution in [3.63, 3.8) is 0 Å². The number of rotatable bonds is 6. The summed E-state index contributed by atoms with van der Waals surface area (Å²) in [6.07, 6.45) is -0.416. The zero-order valence-corrected chi connectivity index (χ0v) is 18.2. The van der Waals surface area contributed by atoms with E-state index in [4.69, 9.17) is 32.7 Å². The molecule has 1 heterocycles. The lowest BCUT2D eigenvalue weighted by Crippen LogP contribution is -2.54. The first-order valence-corrected chi connectivity index (χ1v) is 10.3. The largest absolute Gasteiger partial charge is 0.492 e. The molecule has 1 aliphatic heterocycles. The molecule has 0 saturated heterocycles. The number of para-hydroxylation sites is 2. The highest BCUT2D eigenvalue weighted by Crippen LogP contribution is 2.33. The Hall–Kier alpha value is -2.97. The van der Waals surface area contributed by atoms with Gasteiger partial charge in [-0.15, -0.1) is 0 Å². The molecule has 0 bridgehead atoms. The van der Waals surface area contributed by atoms with Gasteiger partial charge < -0.3 is 14.4 Å². The second kappa shape index (κ2) is 10.4. The number of nitrogens with zero attached hydrogens (tertiary/aromatic N) is 1. The molecule has 8 nitrogen and oxygen atoms in total. The van der Waals surface area contributed by atoms with Crippen molar-refractivity contribution in [2.45, 2.75) is 25.9 Å². The molecule has 1 atom stereocenters. The van der Waals surface area contributed by atoms with Crippen LogP contribution in [0.15, 0.2) is 42.5 Å². The van der Waals surface area contributed by atoms with Crippen LogP contribution in [0.4, 0.5) is 5.69 Å². The van der Waals surface area contributed by atoms with E-state index in [-0.39, 0.29) is 25.5 Å². The fourth-order valence-corrected chi connectivity index (χ4v) is 3.41. The minimum Gasteiger partial charge on any atom is -0.492 e. The minimum atomic E-state index is -0.950. The van der Waals surface area contributed by atoms with Gasteiger partial charge in [0.25, 0.3) is 5.91 Å². The maximum absolute atomic E-state index is 12.4. The van der Waals surface area contributed by atoms with Crippen molar-refractivity contribution >= 4 is 46.6 Å². The Bertz CT molecular complexity index is 985. The number of hydrogen-bond donors (Lipinski definition) is 2. The molecule has 1 unspecified atom stereocenters. The Morgan fingerprint density at radius 1 is 1.16 bits per heavy atom. The molecule has 0 aromatic heterocycles. The Morgan fingerprint density at radius 3 is 2.68 bits per heavy atom. The van der Waals surface area contributed by atoms with Gasteiger partial charge in [-0.05, 0) is 36.8 Å². The normalized spacial score (nSPS) is 14.8.